The zero-order valence-electron chi connectivity index (χ0n) is 25.8. The molecule has 0 radical (unpaired) electrons. The van der Waals surface area contributed by atoms with E-state index in [1.165, 1.54) is 54.9 Å². The normalized spacial score (nSPS) is 12.3. The van der Waals surface area contributed by atoms with Gasteiger partial charge >= 0.3 is 0 Å². The van der Waals surface area contributed by atoms with Gasteiger partial charge in [0.2, 0.25) is 0 Å². The molecule has 0 unspecified atom stereocenters. The molecule has 0 atom stereocenters. The highest BCUT2D eigenvalue weighted by atomic mass is 31.2. The first kappa shape index (κ1) is 27.8. The smallest absolute Gasteiger partial charge is 0.171 e. The van der Waals surface area contributed by atoms with E-state index in [4.69, 9.17) is 0 Å². The number of hydrogen-bond donors (Lipinski definition) is 0. The van der Waals surface area contributed by atoms with Crippen LogP contribution in [0.15, 0.2) is 176 Å². The second-order valence-electron chi connectivity index (χ2n) is 12.4. The summed E-state index contributed by atoms with van der Waals surface area (Å²) in [5.41, 5.74) is 10.2. The lowest BCUT2D eigenvalue weighted by Crippen LogP contribution is -2.24. The molecule has 0 aromatic heterocycles. The van der Waals surface area contributed by atoms with Gasteiger partial charge in [0, 0.05) is 15.9 Å². The highest BCUT2D eigenvalue weighted by Gasteiger charge is 2.29. The van der Waals surface area contributed by atoms with Gasteiger partial charge in [-0.05, 0) is 78.5 Å². The predicted octanol–water partition coefficient (Wildman–Crippen LogP) is 10.5. The van der Waals surface area contributed by atoms with Crippen molar-refractivity contribution < 1.29 is 4.57 Å². The summed E-state index contributed by atoms with van der Waals surface area (Å²) < 4.78 is 14.8. The summed E-state index contributed by atoms with van der Waals surface area (Å²) in [5, 5.41) is 7.89. The third-order valence-corrected chi connectivity index (χ3v) is 12.9. The molecule has 47 heavy (non-hydrogen) atoms. The summed E-state index contributed by atoms with van der Waals surface area (Å²) in [4.78, 5) is 0. The summed E-state index contributed by atoms with van der Waals surface area (Å²) >= 11 is 0. The summed E-state index contributed by atoms with van der Waals surface area (Å²) in [6.45, 7) is 0. The van der Waals surface area contributed by atoms with Gasteiger partial charge in [-0.1, -0.05) is 170 Å². The van der Waals surface area contributed by atoms with Crippen molar-refractivity contribution in [3.05, 3.63) is 187 Å². The zero-order chi connectivity index (χ0) is 31.4. The molecule has 0 fully saturated rings. The predicted molar refractivity (Wildman–Crippen MR) is 200 cm³/mol. The minimum absolute atomic E-state index is 0.842. The molecular formula is C45H31OP. The van der Waals surface area contributed by atoms with Crippen LogP contribution in [0, 0.1) is 0 Å². The van der Waals surface area contributed by atoms with Gasteiger partial charge < -0.3 is 4.57 Å². The Kier molecular flexibility index (Phi) is 6.56. The minimum atomic E-state index is -3.00. The van der Waals surface area contributed by atoms with Crippen LogP contribution in [0.1, 0.15) is 11.1 Å². The van der Waals surface area contributed by atoms with Crippen molar-refractivity contribution in [2.45, 2.75) is 6.42 Å². The van der Waals surface area contributed by atoms with Crippen molar-refractivity contribution in [3.8, 4) is 33.4 Å². The van der Waals surface area contributed by atoms with Gasteiger partial charge in [0.25, 0.3) is 0 Å². The largest absolute Gasteiger partial charge is 0.309 e. The molecule has 222 valence electrons. The summed E-state index contributed by atoms with van der Waals surface area (Å²) in [6.07, 6.45) is 0.965. The van der Waals surface area contributed by atoms with Crippen LogP contribution in [0.2, 0.25) is 0 Å². The van der Waals surface area contributed by atoms with E-state index in [1.807, 2.05) is 72.8 Å². The van der Waals surface area contributed by atoms with E-state index in [-0.39, 0.29) is 0 Å². The van der Waals surface area contributed by atoms with E-state index < -0.39 is 7.14 Å². The highest BCUT2D eigenvalue weighted by Crippen LogP contribution is 2.47. The molecule has 0 aliphatic heterocycles. The second kappa shape index (κ2) is 11.1. The fourth-order valence-corrected chi connectivity index (χ4v) is 10.1. The Morgan fingerprint density at radius 2 is 0.809 bits per heavy atom. The Hall–Kier alpha value is -5.49. The molecule has 1 aliphatic carbocycles. The van der Waals surface area contributed by atoms with Gasteiger partial charge in [-0.3, -0.25) is 0 Å². The quantitative estimate of drug-likeness (QED) is 0.139. The first-order valence-electron chi connectivity index (χ1n) is 16.2. The van der Waals surface area contributed by atoms with Crippen LogP contribution in [-0.2, 0) is 11.0 Å². The molecule has 1 nitrogen and oxygen atoms in total. The van der Waals surface area contributed by atoms with Gasteiger partial charge in [-0.15, -0.1) is 0 Å². The van der Waals surface area contributed by atoms with Crippen molar-refractivity contribution in [3.63, 3.8) is 0 Å². The van der Waals surface area contributed by atoms with Gasteiger partial charge in [0.05, 0.1) is 0 Å². The van der Waals surface area contributed by atoms with E-state index in [0.29, 0.717) is 0 Å². The molecule has 0 saturated carbocycles. The topological polar surface area (TPSA) is 17.1 Å². The number of rotatable bonds is 5. The third-order valence-electron chi connectivity index (χ3n) is 9.81. The molecule has 0 amide bonds. The molecule has 0 N–H and O–H groups in total. The van der Waals surface area contributed by atoms with Crippen LogP contribution in [0.25, 0.3) is 54.9 Å². The maximum Gasteiger partial charge on any atom is 0.171 e. The van der Waals surface area contributed by atoms with Crippen molar-refractivity contribution in [1.29, 1.82) is 0 Å². The average Bonchev–Trinajstić information content (AvgIpc) is 3.55. The molecule has 9 rings (SSSR count). The fraction of sp³-hybridized carbons (Fsp3) is 0.0222. The van der Waals surface area contributed by atoms with Crippen LogP contribution >= 0.6 is 7.14 Å². The van der Waals surface area contributed by atoms with Gasteiger partial charge in [-0.2, -0.15) is 0 Å². The Labute approximate surface area is 275 Å². The third kappa shape index (κ3) is 4.50. The Morgan fingerprint density at radius 3 is 1.40 bits per heavy atom. The van der Waals surface area contributed by atoms with Crippen molar-refractivity contribution in [2.24, 2.45) is 0 Å². The fourth-order valence-electron chi connectivity index (χ4n) is 7.48. The molecule has 0 bridgehead atoms. The van der Waals surface area contributed by atoms with Crippen LogP contribution in [0.4, 0.5) is 0 Å². The maximum atomic E-state index is 14.8. The lowest BCUT2D eigenvalue weighted by atomic mass is 9.91. The first-order valence-corrected chi connectivity index (χ1v) is 17.9. The van der Waals surface area contributed by atoms with Gasteiger partial charge in [-0.25, -0.2) is 0 Å². The Morgan fingerprint density at radius 1 is 0.383 bits per heavy atom. The highest BCUT2D eigenvalue weighted by molar-refractivity contribution is 7.85. The molecule has 8 aromatic carbocycles. The number of benzene rings is 8. The second-order valence-corrected chi connectivity index (χ2v) is 15.2. The van der Waals surface area contributed by atoms with E-state index >= 15 is 0 Å². The molecule has 8 aromatic rings. The lowest BCUT2D eigenvalue weighted by Gasteiger charge is -2.20. The monoisotopic (exact) mass is 618 g/mol. The summed E-state index contributed by atoms with van der Waals surface area (Å²) in [6, 6.07) is 61.5. The van der Waals surface area contributed by atoms with Gasteiger partial charge in [0.1, 0.15) is 0 Å². The van der Waals surface area contributed by atoms with E-state index in [2.05, 4.69) is 103 Å². The van der Waals surface area contributed by atoms with E-state index in [1.54, 1.807) is 0 Å². The van der Waals surface area contributed by atoms with Crippen LogP contribution in [0.3, 0.4) is 0 Å². The Bertz CT molecular complexity index is 2440. The molecule has 2 heteroatoms. The lowest BCUT2D eigenvalue weighted by molar-refractivity contribution is 0.592. The van der Waals surface area contributed by atoms with Crippen LogP contribution < -0.4 is 15.9 Å². The number of fused-ring (bicyclic) bond motifs is 8. The molecule has 0 saturated heterocycles. The van der Waals surface area contributed by atoms with Crippen molar-refractivity contribution >= 4 is 44.6 Å². The molecular weight excluding hydrogens is 587 g/mol. The maximum absolute atomic E-state index is 14.8. The first-order chi connectivity index (χ1) is 23.2. The average molecular weight is 619 g/mol. The van der Waals surface area contributed by atoms with E-state index in [9.17, 15) is 4.57 Å². The summed E-state index contributed by atoms with van der Waals surface area (Å²) in [7, 11) is -3.00. The standard InChI is InChI=1S/C45H31OP/c46-47(36-11-3-1-4-12-36,37-13-5-2-6-14-37)38-27-25-32(26-28-38)31-19-21-33(22-20-31)34-23-24-35-30-44-41-17-8-7-15-39(41)40-16-9-10-18-42(40)45(44)43(35)29-34/h1-29H,30H2. The SMILES string of the molecule is O=P(c1ccccc1)(c1ccccc1)c1ccc(-c2ccc(-c3ccc4c(c3)-c3c(c5ccccc5c5ccccc35)C4)cc2)cc1. The number of hydrogen-bond acceptors (Lipinski definition) is 1. The van der Waals surface area contributed by atoms with Crippen molar-refractivity contribution in [1.82, 2.24) is 0 Å². The van der Waals surface area contributed by atoms with Crippen LogP contribution in [-0.4, -0.2) is 0 Å². The Balaban J connectivity index is 1.06. The molecule has 1 aliphatic rings. The summed E-state index contributed by atoms with van der Waals surface area (Å²) in [5.74, 6) is 0. The van der Waals surface area contributed by atoms with Crippen LogP contribution in [0.5, 0.6) is 0 Å². The molecule has 0 spiro atoms. The molecule has 0 heterocycles. The van der Waals surface area contributed by atoms with Crippen molar-refractivity contribution in [2.75, 3.05) is 0 Å². The zero-order valence-corrected chi connectivity index (χ0v) is 26.7. The minimum Gasteiger partial charge on any atom is -0.309 e. The van der Waals surface area contributed by atoms with E-state index in [0.717, 1.165) is 33.5 Å². The van der Waals surface area contributed by atoms with Gasteiger partial charge in [0.15, 0.2) is 7.14 Å².